The van der Waals surface area contributed by atoms with E-state index in [4.69, 9.17) is 0 Å². The van der Waals surface area contributed by atoms with Crippen LogP contribution in [0.4, 0.5) is 5.69 Å². The molecule has 2 aromatic rings. The van der Waals surface area contributed by atoms with E-state index in [0.717, 1.165) is 5.69 Å². The molecule has 76 valence electrons. The van der Waals surface area contributed by atoms with Crippen molar-refractivity contribution in [2.75, 3.05) is 5.32 Å². The number of benzene rings is 1. The van der Waals surface area contributed by atoms with E-state index in [1.165, 1.54) is 0 Å². The molecule has 0 fully saturated rings. The molecule has 1 aromatic heterocycles. The SMILES string of the molecule is Oc1cccnc1CNc1ccccc1. The van der Waals surface area contributed by atoms with Crippen LogP contribution in [0.1, 0.15) is 5.69 Å². The topological polar surface area (TPSA) is 45.2 Å². The molecule has 15 heavy (non-hydrogen) atoms. The highest BCUT2D eigenvalue weighted by molar-refractivity contribution is 5.43. The van der Waals surface area contributed by atoms with Gasteiger partial charge in [0.15, 0.2) is 0 Å². The van der Waals surface area contributed by atoms with Gasteiger partial charge in [0.05, 0.1) is 6.54 Å². The maximum atomic E-state index is 9.49. The van der Waals surface area contributed by atoms with Gasteiger partial charge in [-0.05, 0) is 24.3 Å². The Bertz CT molecular complexity index is 429. The Kier molecular flexibility index (Phi) is 2.83. The van der Waals surface area contributed by atoms with Crippen molar-refractivity contribution < 1.29 is 5.11 Å². The number of rotatable bonds is 3. The highest BCUT2D eigenvalue weighted by Gasteiger charge is 1.99. The molecule has 2 rings (SSSR count). The fourth-order valence-corrected chi connectivity index (χ4v) is 1.31. The largest absolute Gasteiger partial charge is 0.506 e. The van der Waals surface area contributed by atoms with Crippen molar-refractivity contribution >= 4 is 5.69 Å². The summed E-state index contributed by atoms with van der Waals surface area (Å²) in [6.45, 7) is 0.524. The van der Waals surface area contributed by atoms with Crippen molar-refractivity contribution in [3.63, 3.8) is 0 Å². The predicted octanol–water partition coefficient (Wildman–Crippen LogP) is 2.40. The van der Waals surface area contributed by atoms with Crippen molar-refractivity contribution in [2.45, 2.75) is 6.54 Å². The van der Waals surface area contributed by atoms with Gasteiger partial charge >= 0.3 is 0 Å². The molecule has 0 atom stereocenters. The Morgan fingerprint density at radius 2 is 1.87 bits per heavy atom. The molecule has 0 saturated carbocycles. The zero-order valence-electron chi connectivity index (χ0n) is 8.22. The van der Waals surface area contributed by atoms with Crippen LogP contribution in [-0.4, -0.2) is 10.1 Å². The predicted molar refractivity (Wildman–Crippen MR) is 59.7 cm³/mol. The van der Waals surface area contributed by atoms with Gasteiger partial charge < -0.3 is 10.4 Å². The first-order chi connectivity index (χ1) is 7.36. The number of para-hydroxylation sites is 1. The van der Waals surface area contributed by atoms with Gasteiger partial charge in [-0.15, -0.1) is 0 Å². The summed E-state index contributed by atoms with van der Waals surface area (Å²) in [6, 6.07) is 13.2. The van der Waals surface area contributed by atoms with Crippen LogP contribution >= 0.6 is 0 Å². The molecule has 1 heterocycles. The fraction of sp³-hybridized carbons (Fsp3) is 0.0833. The van der Waals surface area contributed by atoms with E-state index in [2.05, 4.69) is 10.3 Å². The Hall–Kier alpha value is -2.03. The minimum Gasteiger partial charge on any atom is -0.506 e. The second kappa shape index (κ2) is 4.46. The van der Waals surface area contributed by atoms with Crippen LogP contribution in [0.25, 0.3) is 0 Å². The average molecular weight is 200 g/mol. The van der Waals surface area contributed by atoms with Gasteiger partial charge in [0.2, 0.25) is 0 Å². The van der Waals surface area contributed by atoms with Gasteiger partial charge in [-0.2, -0.15) is 0 Å². The molecule has 0 aliphatic rings. The Balaban J connectivity index is 2.03. The lowest BCUT2D eigenvalue weighted by molar-refractivity contribution is 0.465. The summed E-state index contributed by atoms with van der Waals surface area (Å²) >= 11 is 0. The molecule has 0 bridgehead atoms. The molecule has 0 amide bonds. The standard InChI is InChI=1S/C12H12N2O/c15-12-7-4-8-13-11(12)9-14-10-5-2-1-3-6-10/h1-8,14-15H,9H2. The third kappa shape index (κ3) is 2.47. The lowest BCUT2D eigenvalue weighted by Gasteiger charge is -2.06. The van der Waals surface area contributed by atoms with E-state index in [9.17, 15) is 5.11 Å². The maximum absolute atomic E-state index is 9.49. The minimum atomic E-state index is 0.223. The van der Waals surface area contributed by atoms with Crippen LogP contribution in [0, 0.1) is 0 Å². The molecule has 1 aromatic carbocycles. The zero-order valence-corrected chi connectivity index (χ0v) is 8.22. The third-order valence-corrected chi connectivity index (χ3v) is 2.10. The minimum absolute atomic E-state index is 0.223. The number of pyridine rings is 1. The van der Waals surface area contributed by atoms with Gasteiger partial charge in [-0.1, -0.05) is 18.2 Å². The first-order valence-electron chi connectivity index (χ1n) is 4.78. The van der Waals surface area contributed by atoms with Gasteiger partial charge in [-0.25, -0.2) is 0 Å². The zero-order chi connectivity index (χ0) is 10.5. The molecule has 0 saturated heterocycles. The molecular formula is C12H12N2O. The highest BCUT2D eigenvalue weighted by atomic mass is 16.3. The van der Waals surface area contributed by atoms with Crippen LogP contribution in [0.5, 0.6) is 5.75 Å². The van der Waals surface area contributed by atoms with E-state index >= 15 is 0 Å². The van der Waals surface area contributed by atoms with Crippen molar-refractivity contribution in [1.29, 1.82) is 0 Å². The van der Waals surface area contributed by atoms with Gasteiger partial charge in [0.25, 0.3) is 0 Å². The maximum Gasteiger partial charge on any atom is 0.138 e. The molecule has 0 unspecified atom stereocenters. The van der Waals surface area contributed by atoms with E-state index < -0.39 is 0 Å². The van der Waals surface area contributed by atoms with Gasteiger partial charge in [0.1, 0.15) is 11.4 Å². The summed E-state index contributed by atoms with van der Waals surface area (Å²) < 4.78 is 0. The third-order valence-electron chi connectivity index (χ3n) is 2.10. The molecule has 0 radical (unpaired) electrons. The van der Waals surface area contributed by atoms with Crippen LogP contribution < -0.4 is 5.32 Å². The van der Waals surface area contributed by atoms with Crippen LogP contribution in [0.2, 0.25) is 0 Å². The number of nitrogens with zero attached hydrogens (tertiary/aromatic N) is 1. The van der Waals surface area contributed by atoms with E-state index in [0.29, 0.717) is 12.2 Å². The highest BCUT2D eigenvalue weighted by Crippen LogP contribution is 2.14. The number of aromatic hydroxyl groups is 1. The molecule has 3 heteroatoms. The normalized spacial score (nSPS) is 9.87. The fourth-order valence-electron chi connectivity index (χ4n) is 1.31. The molecule has 0 spiro atoms. The molecule has 0 aliphatic carbocycles. The molecule has 3 nitrogen and oxygen atoms in total. The van der Waals surface area contributed by atoms with Crippen LogP contribution in [0.3, 0.4) is 0 Å². The summed E-state index contributed by atoms with van der Waals surface area (Å²) in [5.41, 5.74) is 1.67. The lowest BCUT2D eigenvalue weighted by atomic mass is 10.3. The molecule has 2 N–H and O–H groups in total. The summed E-state index contributed by atoms with van der Waals surface area (Å²) in [4.78, 5) is 4.08. The summed E-state index contributed by atoms with van der Waals surface area (Å²) in [7, 11) is 0. The Morgan fingerprint density at radius 1 is 1.07 bits per heavy atom. The Labute approximate surface area is 88.4 Å². The second-order valence-corrected chi connectivity index (χ2v) is 3.19. The summed E-state index contributed by atoms with van der Waals surface area (Å²) in [5, 5.41) is 12.7. The second-order valence-electron chi connectivity index (χ2n) is 3.19. The summed E-state index contributed by atoms with van der Waals surface area (Å²) in [6.07, 6.45) is 1.67. The van der Waals surface area contributed by atoms with Crippen molar-refractivity contribution in [3.05, 3.63) is 54.4 Å². The van der Waals surface area contributed by atoms with Crippen molar-refractivity contribution in [1.82, 2.24) is 4.98 Å². The number of nitrogens with one attached hydrogen (secondary N) is 1. The van der Waals surface area contributed by atoms with E-state index in [1.54, 1.807) is 18.3 Å². The average Bonchev–Trinajstić information content (AvgIpc) is 2.29. The van der Waals surface area contributed by atoms with Gasteiger partial charge in [-0.3, -0.25) is 4.98 Å². The first kappa shape index (κ1) is 9.52. The number of hydrogen-bond acceptors (Lipinski definition) is 3. The smallest absolute Gasteiger partial charge is 0.138 e. The summed E-state index contributed by atoms with van der Waals surface area (Å²) in [5.74, 6) is 0.223. The van der Waals surface area contributed by atoms with Crippen molar-refractivity contribution in [3.8, 4) is 5.75 Å². The van der Waals surface area contributed by atoms with Crippen LogP contribution in [0.15, 0.2) is 48.7 Å². The number of hydrogen-bond donors (Lipinski definition) is 2. The van der Waals surface area contributed by atoms with Crippen LogP contribution in [-0.2, 0) is 6.54 Å². The molecule has 0 aliphatic heterocycles. The molecular weight excluding hydrogens is 188 g/mol. The number of anilines is 1. The van der Waals surface area contributed by atoms with E-state index in [-0.39, 0.29) is 5.75 Å². The Morgan fingerprint density at radius 3 is 2.60 bits per heavy atom. The first-order valence-corrected chi connectivity index (χ1v) is 4.78. The van der Waals surface area contributed by atoms with E-state index in [1.807, 2.05) is 30.3 Å². The number of aromatic nitrogens is 1. The monoisotopic (exact) mass is 200 g/mol. The quantitative estimate of drug-likeness (QED) is 0.799. The van der Waals surface area contributed by atoms with Crippen molar-refractivity contribution in [2.24, 2.45) is 0 Å². The van der Waals surface area contributed by atoms with Gasteiger partial charge in [0, 0.05) is 11.9 Å². The lowest BCUT2D eigenvalue weighted by Crippen LogP contribution is -2.01.